The van der Waals surface area contributed by atoms with Gasteiger partial charge in [-0.15, -0.1) is 11.3 Å². The number of hydrogen-bond donors (Lipinski definition) is 0. The number of hydrogen-bond acceptors (Lipinski definition) is 6. The van der Waals surface area contributed by atoms with Crippen molar-refractivity contribution in [1.29, 1.82) is 0 Å². The van der Waals surface area contributed by atoms with Gasteiger partial charge in [-0.05, 0) is 37.1 Å². The first kappa shape index (κ1) is 16.9. The Morgan fingerprint density at radius 3 is 2.71 bits per heavy atom. The minimum absolute atomic E-state index is 0.506. The quantitative estimate of drug-likeness (QED) is 0.604. The van der Waals surface area contributed by atoms with Gasteiger partial charge in [0.05, 0.1) is 19.4 Å². The normalized spacial score (nSPS) is 11.7. The molecule has 0 fully saturated rings. The fourth-order valence-electron chi connectivity index (χ4n) is 2.57. The Hall–Kier alpha value is -1.92. The molecule has 0 aliphatic heterocycles. The van der Waals surface area contributed by atoms with E-state index in [1.54, 1.807) is 6.26 Å². The first-order valence-electron chi connectivity index (χ1n) is 8.20. The molecule has 3 heterocycles. The third kappa shape index (κ3) is 4.79. The second-order valence-electron chi connectivity index (χ2n) is 6.44. The number of furan rings is 1. The van der Waals surface area contributed by atoms with Crippen LogP contribution in [-0.2, 0) is 26.1 Å². The molecule has 0 aromatic carbocycles. The fraction of sp³-hybridized carbons (Fsp3) is 0.444. The Labute approximate surface area is 146 Å². The highest BCUT2D eigenvalue weighted by Crippen LogP contribution is 2.20. The fourth-order valence-corrected chi connectivity index (χ4v) is 3.50. The lowest BCUT2D eigenvalue weighted by molar-refractivity contribution is 0.220. The van der Waals surface area contributed by atoms with E-state index in [-0.39, 0.29) is 0 Å². The van der Waals surface area contributed by atoms with Crippen molar-refractivity contribution in [1.82, 2.24) is 15.0 Å². The molecule has 0 aliphatic carbocycles. The molecule has 0 radical (unpaired) electrons. The summed E-state index contributed by atoms with van der Waals surface area (Å²) in [6.45, 7) is 8.62. The maximum absolute atomic E-state index is 5.50. The summed E-state index contributed by atoms with van der Waals surface area (Å²) in [5.41, 5.74) is 0. The molecule has 5 nitrogen and oxygen atoms in total. The third-order valence-corrected chi connectivity index (χ3v) is 4.58. The molecule has 6 heteroatoms. The van der Waals surface area contributed by atoms with Gasteiger partial charge in [-0.2, -0.15) is 4.98 Å². The van der Waals surface area contributed by atoms with Crippen LogP contribution in [0.15, 0.2) is 39.5 Å². The highest BCUT2D eigenvalue weighted by molar-refractivity contribution is 7.11. The van der Waals surface area contributed by atoms with Gasteiger partial charge in [0.1, 0.15) is 5.76 Å². The molecule has 0 unspecified atom stereocenters. The maximum Gasteiger partial charge on any atom is 0.226 e. The van der Waals surface area contributed by atoms with Crippen LogP contribution in [0.3, 0.4) is 0 Å². The van der Waals surface area contributed by atoms with E-state index in [9.17, 15) is 0 Å². The number of aromatic nitrogens is 2. The van der Waals surface area contributed by atoms with Crippen molar-refractivity contribution in [3.63, 3.8) is 0 Å². The van der Waals surface area contributed by atoms with Crippen molar-refractivity contribution in [3.8, 4) is 0 Å². The molecule has 0 saturated carbocycles. The van der Waals surface area contributed by atoms with Crippen molar-refractivity contribution < 1.29 is 8.94 Å². The molecule has 0 spiro atoms. The van der Waals surface area contributed by atoms with Crippen molar-refractivity contribution in [2.45, 2.75) is 46.8 Å². The van der Waals surface area contributed by atoms with E-state index in [0.717, 1.165) is 31.1 Å². The lowest BCUT2D eigenvalue weighted by Gasteiger charge is -2.18. The molecule has 0 aliphatic rings. The highest BCUT2D eigenvalue weighted by atomic mass is 32.1. The van der Waals surface area contributed by atoms with Gasteiger partial charge in [-0.1, -0.05) is 19.0 Å². The summed E-state index contributed by atoms with van der Waals surface area (Å²) in [4.78, 5) is 9.44. The molecule has 0 atom stereocenters. The SMILES string of the molecule is Cc1ccc(CN(Cc2noc(CC(C)C)n2)Cc2ccco2)s1. The van der Waals surface area contributed by atoms with Crippen LogP contribution in [0.2, 0.25) is 0 Å². The molecule has 0 N–H and O–H groups in total. The van der Waals surface area contributed by atoms with E-state index in [1.807, 2.05) is 23.5 Å². The van der Waals surface area contributed by atoms with Crippen molar-refractivity contribution in [2.24, 2.45) is 5.92 Å². The van der Waals surface area contributed by atoms with Crippen LogP contribution in [0, 0.1) is 12.8 Å². The highest BCUT2D eigenvalue weighted by Gasteiger charge is 2.15. The molecule has 3 aromatic rings. The molecule has 0 bridgehead atoms. The van der Waals surface area contributed by atoms with Gasteiger partial charge in [-0.3, -0.25) is 4.90 Å². The van der Waals surface area contributed by atoms with E-state index in [1.165, 1.54) is 9.75 Å². The van der Waals surface area contributed by atoms with Gasteiger partial charge >= 0.3 is 0 Å². The van der Waals surface area contributed by atoms with Crippen LogP contribution in [0.5, 0.6) is 0 Å². The molecule has 3 aromatic heterocycles. The zero-order valence-electron chi connectivity index (χ0n) is 14.4. The molecule has 3 rings (SSSR count). The van der Waals surface area contributed by atoms with Gasteiger partial charge in [0, 0.05) is 22.7 Å². The Morgan fingerprint density at radius 1 is 1.17 bits per heavy atom. The predicted molar refractivity (Wildman–Crippen MR) is 93.6 cm³/mol. The monoisotopic (exact) mass is 345 g/mol. The minimum Gasteiger partial charge on any atom is -0.468 e. The lowest BCUT2D eigenvalue weighted by Crippen LogP contribution is -2.22. The molecule has 128 valence electrons. The minimum atomic E-state index is 0.506. The first-order chi connectivity index (χ1) is 11.6. The van der Waals surface area contributed by atoms with Crippen LogP contribution >= 0.6 is 11.3 Å². The third-order valence-electron chi connectivity index (χ3n) is 3.59. The number of rotatable bonds is 8. The zero-order valence-corrected chi connectivity index (χ0v) is 15.2. The van der Waals surface area contributed by atoms with Gasteiger partial charge in [0.15, 0.2) is 5.82 Å². The van der Waals surface area contributed by atoms with Crippen molar-refractivity contribution in [3.05, 3.63) is 57.8 Å². The summed E-state index contributed by atoms with van der Waals surface area (Å²) >= 11 is 1.82. The number of thiophene rings is 1. The number of aryl methyl sites for hydroxylation is 1. The molecule has 0 amide bonds. The summed E-state index contributed by atoms with van der Waals surface area (Å²) in [7, 11) is 0. The predicted octanol–water partition coefficient (Wildman–Crippen LogP) is 4.43. The van der Waals surface area contributed by atoms with Crippen LogP contribution in [0.25, 0.3) is 0 Å². The van der Waals surface area contributed by atoms with E-state index in [2.05, 4.69) is 47.9 Å². The van der Waals surface area contributed by atoms with Gasteiger partial charge in [0.2, 0.25) is 5.89 Å². The Balaban J connectivity index is 1.70. The largest absolute Gasteiger partial charge is 0.468 e. The van der Waals surface area contributed by atoms with Gasteiger partial charge in [-0.25, -0.2) is 0 Å². The van der Waals surface area contributed by atoms with Crippen LogP contribution in [-0.4, -0.2) is 15.0 Å². The van der Waals surface area contributed by atoms with Crippen molar-refractivity contribution in [2.75, 3.05) is 0 Å². The summed E-state index contributed by atoms with van der Waals surface area (Å²) in [6.07, 6.45) is 2.52. The van der Waals surface area contributed by atoms with E-state index >= 15 is 0 Å². The molecule has 0 saturated heterocycles. The zero-order chi connectivity index (χ0) is 16.9. The van der Waals surface area contributed by atoms with Gasteiger partial charge in [0.25, 0.3) is 0 Å². The van der Waals surface area contributed by atoms with E-state index in [4.69, 9.17) is 8.94 Å². The Bertz CT molecular complexity index is 746. The molecular formula is C18H23N3O2S. The Kier molecular flexibility index (Phi) is 5.48. The average molecular weight is 345 g/mol. The summed E-state index contributed by atoms with van der Waals surface area (Å²) in [5.74, 6) is 2.89. The van der Waals surface area contributed by atoms with E-state index < -0.39 is 0 Å². The van der Waals surface area contributed by atoms with Gasteiger partial charge < -0.3 is 8.94 Å². The average Bonchev–Trinajstić information content (AvgIpc) is 3.23. The summed E-state index contributed by atoms with van der Waals surface area (Å²) in [6, 6.07) is 8.24. The smallest absolute Gasteiger partial charge is 0.226 e. The second kappa shape index (κ2) is 7.77. The van der Waals surface area contributed by atoms with E-state index in [0.29, 0.717) is 18.4 Å². The lowest BCUT2D eigenvalue weighted by atomic mass is 10.1. The second-order valence-corrected chi connectivity index (χ2v) is 7.81. The number of nitrogens with zero attached hydrogens (tertiary/aromatic N) is 3. The van der Waals surface area contributed by atoms with Crippen LogP contribution in [0.1, 0.15) is 41.1 Å². The Morgan fingerprint density at radius 2 is 2.04 bits per heavy atom. The van der Waals surface area contributed by atoms with Crippen LogP contribution < -0.4 is 0 Å². The standard InChI is InChI=1S/C18H23N3O2S/c1-13(2)9-18-19-17(20-23-18)12-21(10-15-5-4-8-22-15)11-16-7-6-14(3)24-16/h4-8,13H,9-12H2,1-3H3. The summed E-state index contributed by atoms with van der Waals surface area (Å²) < 4.78 is 10.9. The van der Waals surface area contributed by atoms with Crippen molar-refractivity contribution >= 4 is 11.3 Å². The van der Waals surface area contributed by atoms with Crippen LogP contribution in [0.4, 0.5) is 0 Å². The summed E-state index contributed by atoms with van der Waals surface area (Å²) in [5, 5.41) is 4.13. The maximum atomic E-state index is 5.50. The molecular weight excluding hydrogens is 322 g/mol. The first-order valence-corrected chi connectivity index (χ1v) is 9.01. The topological polar surface area (TPSA) is 55.3 Å². The molecule has 24 heavy (non-hydrogen) atoms.